The van der Waals surface area contributed by atoms with E-state index in [0.717, 1.165) is 16.4 Å². The topological polar surface area (TPSA) is 113 Å². The summed E-state index contributed by atoms with van der Waals surface area (Å²) in [6.07, 6.45) is -1.78. The number of aliphatic hydroxyl groups excluding tert-OH is 1. The van der Waals surface area contributed by atoms with E-state index >= 15 is 0 Å². The van der Waals surface area contributed by atoms with Crippen molar-refractivity contribution in [3.63, 3.8) is 0 Å². The van der Waals surface area contributed by atoms with Gasteiger partial charge in [0.2, 0.25) is 0 Å². The van der Waals surface area contributed by atoms with Gasteiger partial charge in [-0.3, -0.25) is 0 Å². The maximum Gasteiger partial charge on any atom is 0.119 e. The van der Waals surface area contributed by atoms with Gasteiger partial charge in [0.1, 0.15) is 92.3 Å². The Balaban J connectivity index is 1.16. The van der Waals surface area contributed by atoms with Gasteiger partial charge in [0.05, 0.1) is 38.6 Å². The first-order valence-corrected chi connectivity index (χ1v) is 24.3. The number of para-hydroxylation sites is 5. The van der Waals surface area contributed by atoms with Crippen LogP contribution < -0.4 is 23.7 Å². The smallest absolute Gasteiger partial charge is 0.119 e. The fourth-order valence-electron chi connectivity index (χ4n) is 6.54. The predicted molar refractivity (Wildman–Crippen MR) is 266 cm³/mol. The van der Waals surface area contributed by atoms with Crippen LogP contribution in [-0.2, 0) is 23.7 Å². The average molecular weight is 947 g/mol. The Labute approximate surface area is 406 Å². The second-order valence-corrected chi connectivity index (χ2v) is 17.4. The van der Waals surface area contributed by atoms with Crippen molar-refractivity contribution < 1.29 is 52.5 Å². The van der Waals surface area contributed by atoms with Crippen molar-refractivity contribution in [2.24, 2.45) is 0 Å². The van der Waals surface area contributed by atoms with Crippen molar-refractivity contribution in [1.82, 2.24) is 0 Å². The van der Waals surface area contributed by atoms with Gasteiger partial charge in [-0.05, 0) is 86.1 Å². The fourth-order valence-corrected chi connectivity index (χ4v) is 7.46. The molecule has 1 N–H and O–H groups in total. The summed E-state index contributed by atoms with van der Waals surface area (Å²) < 4.78 is 64.1. The van der Waals surface area contributed by atoms with Crippen LogP contribution in [0.1, 0.15) is 20.3 Å². The molecule has 0 aliphatic heterocycles. The quantitative estimate of drug-likeness (QED) is 0.0389. The summed E-state index contributed by atoms with van der Waals surface area (Å²) in [5.74, 6) is 4.26. The first kappa shape index (κ1) is 51.8. The summed E-state index contributed by atoms with van der Waals surface area (Å²) in [4.78, 5) is 1.14. The van der Waals surface area contributed by atoms with Crippen molar-refractivity contribution in [1.29, 1.82) is 0 Å². The van der Waals surface area contributed by atoms with Crippen LogP contribution in [0, 0.1) is 0 Å². The summed E-state index contributed by atoms with van der Waals surface area (Å²) in [5, 5.41) is 10.3. The van der Waals surface area contributed by atoms with E-state index in [-0.39, 0.29) is 65.6 Å². The van der Waals surface area contributed by atoms with E-state index in [1.54, 1.807) is 11.8 Å². The molecule has 0 aromatic heterocycles. The lowest BCUT2D eigenvalue weighted by Crippen LogP contribution is -2.43. The first-order chi connectivity index (χ1) is 33.4. The van der Waals surface area contributed by atoms with Gasteiger partial charge in [0.15, 0.2) is 0 Å². The number of benzene rings is 6. The average Bonchev–Trinajstić information content (AvgIpc) is 3.40. The van der Waals surface area contributed by atoms with Crippen molar-refractivity contribution in [3.05, 3.63) is 182 Å². The van der Waals surface area contributed by atoms with Crippen molar-refractivity contribution in [3.8, 4) is 28.7 Å². The maximum absolute atomic E-state index is 10.3. The summed E-state index contributed by atoms with van der Waals surface area (Å²) in [5.41, 5.74) is -0.794. The highest BCUT2D eigenvalue weighted by Crippen LogP contribution is 2.22. The minimum atomic E-state index is -0.794. The number of hydrogen-bond acceptors (Lipinski definition) is 12. The molecular weight excluding hydrogens is 881 g/mol. The molecule has 0 saturated carbocycles. The zero-order valence-electron chi connectivity index (χ0n) is 39.1. The SMILES string of the molecule is CCC(C)(CO)OC(COc1ccccc1)COC(COc1ccccc1)COC(COc1ccccc1)COC(COc1ccccc1)COC(COc1ccccc1)CSc1ccccc1. The Kier molecular flexibility index (Phi) is 22.9. The first-order valence-electron chi connectivity index (χ1n) is 23.3. The van der Waals surface area contributed by atoms with E-state index < -0.39 is 30.0 Å². The van der Waals surface area contributed by atoms with Crippen LogP contribution in [0.2, 0.25) is 0 Å². The number of thioether (sulfide) groups is 1. The molecule has 0 radical (unpaired) electrons. The molecule has 6 atom stereocenters. The lowest BCUT2D eigenvalue weighted by Gasteiger charge is -2.32. The molecule has 0 amide bonds. The number of rotatable bonds is 34. The van der Waals surface area contributed by atoms with Crippen molar-refractivity contribution in [2.45, 2.75) is 61.3 Å². The molecule has 0 fully saturated rings. The van der Waals surface area contributed by atoms with Crippen LogP contribution in [0.5, 0.6) is 28.7 Å². The highest BCUT2D eigenvalue weighted by molar-refractivity contribution is 7.99. The molecule has 12 heteroatoms. The van der Waals surface area contributed by atoms with Crippen LogP contribution in [0.3, 0.4) is 0 Å². The lowest BCUT2D eigenvalue weighted by atomic mass is 10.0. The van der Waals surface area contributed by atoms with Gasteiger partial charge in [-0.1, -0.05) is 116 Å². The minimum Gasteiger partial charge on any atom is -0.491 e. The van der Waals surface area contributed by atoms with E-state index in [0.29, 0.717) is 36.0 Å². The summed E-state index contributed by atoms with van der Waals surface area (Å²) in [6, 6.07) is 58.4. The molecule has 6 rings (SSSR count). The lowest BCUT2D eigenvalue weighted by molar-refractivity contribution is -0.161. The Morgan fingerprint density at radius 2 is 0.662 bits per heavy atom. The van der Waals surface area contributed by atoms with Gasteiger partial charge >= 0.3 is 0 Å². The zero-order valence-corrected chi connectivity index (χ0v) is 39.9. The van der Waals surface area contributed by atoms with Gasteiger partial charge in [-0.15, -0.1) is 11.8 Å². The summed E-state index contributed by atoms with van der Waals surface area (Å²) in [6.45, 7) is 5.50. The van der Waals surface area contributed by atoms with Gasteiger partial charge < -0.3 is 52.5 Å². The fraction of sp³-hybridized carbons (Fsp3) is 0.357. The third-order valence-corrected chi connectivity index (χ3v) is 11.8. The second-order valence-electron chi connectivity index (χ2n) is 16.3. The van der Waals surface area contributed by atoms with E-state index in [2.05, 4.69) is 12.1 Å². The van der Waals surface area contributed by atoms with E-state index in [9.17, 15) is 5.11 Å². The molecule has 6 aromatic carbocycles. The van der Waals surface area contributed by atoms with Gasteiger partial charge in [0.25, 0.3) is 0 Å². The van der Waals surface area contributed by atoms with Crippen molar-refractivity contribution >= 4 is 11.8 Å². The van der Waals surface area contributed by atoms with Gasteiger partial charge in [-0.25, -0.2) is 0 Å². The Morgan fingerprint density at radius 3 is 0.985 bits per heavy atom. The van der Waals surface area contributed by atoms with Crippen LogP contribution in [0.15, 0.2) is 187 Å². The van der Waals surface area contributed by atoms with Gasteiger partial charge in [0, 0.05) is 10.6 Å². The molecular formula is C56H66O11S. The largest absolute Gasteiger partial charge is 0.491 e. The molecule has 68 heavy (non-hydrogen) atoms. The van der Waals surface area contributed by atoms with Crippen LogP contribution in [0.25, 0.3) is 0 Å². The van der Waals surface area contributed by atoms with Crippen LogP contribution in [0.4, 0.5) is 0 Å². The van der Waals surface area contributed by atoms with E-state index in [1.165, 1.54) is 0 Å². The summed E-state index contributed by atoms with van der Waals surface area (Å²) >= 11 is 1.71. The molecule has 6 aromatic rings. The highest BCUT2D eigenvalue weighted by Gasteiger charge is 2.29. The molecule has 362 valence electrons. The number of ether oxygens (including phenoxy) is 10. The molecule has 0 spiro atoms. The van der Waals surface area contributed by atoms with Crippen molar-refractivity contribution in [2.75, 3.05) is 71.8 Å². The number of aliphatic hydroxyl groups is 1. The molecule has 6 unspecified atom stereocenters. The molecule has 0 heterocycles. The Morgan fingerprint density at radius 1 is 0.382 bits per heavy atom. The third-order valence-electron chi connectivity index (χ3n) is 10.7. The van der Waals surface area contributed by atoms with Gasteiger partial charge in [-0.2, -0.15) is 0 Å². The highest BCUT2D eigenvalue weighted by atomic mass is 32.2. The molecule has 0 bridgehead atoms. The predicted octanol–water partition coefficient (Wildman–Crippen LogP) is 10.3. The standard InChI is InChI=1S/C56H66O11S/c1-3-56(2,44-57)67-53(40-61-48-28-16-7-17-29-48)41-65-51(35-59-46-24-12-5-13-25-46)38-63-50(34-58-45-22-10-4-11-23-45)37-64-52(36-60-47-26-14-6-15-27-47)39-66-54(42-62-49-30-18-8-19-31-49)43-68-55-32-20-9-21-33-55/h4-33,50-54,57H,3,34-44H2,1-2H3. The maximum atomic E-state index is 10.3. The molecule has 11 nitrogen and oxygen atoms in total. The Bertz CT molecular complexity index is 2110. The number of hydrogen-bond donors (Lipinski definition) is 1. The molecule has 0 aliphatic rings. The van der Waals surface area contributed by atoms with Crippen LogP contribution >= 0.6 is 11.8 Å². The second kappa shape index (κ2) is 30.0. The monoisotopic (exact) mass is 946 g/mol. The molecule has 0 saturated heterocycles. The zero-order chi connectivity index (χ0) is 47.3. The molecule has 0 aliphatic carbocycles. The van der Waals surface area contributed by atoms with E-state index in [1.807, 2.05) is 184 Å². The summed E-state index contributed by atoms with van der Waals surface area (Å²) in [7, 11) is 0. The Hall–Kier alpha value is -5.57. The van der Waals surface area contributed by atoms with Crippen LogP contribution in [-0.4, -0.2) is 113 Å². The third kappa shape index (κ3) is 20.0. The normalized spacial score (nSPS) is 14.4. The van der Waals surface area contributed by atoms with E-state index in [4.69, 9.17) is 47.4 Å². The minimum absolute atomic E-state index is 0.133.